The lowest BCUT2D eigenvalue weighted by atomic mass is 10.1. The van der Waals surface area contributed by atoms with Crippen molar-refractivity contribution in [1.29, 1.82) is 0 Å². The maximum atomic E-state index is 12.9. The second kappa shape index (κ2) is 7.29. The molecule has 0 aliphatic heterocycles. The fraction of sp³-hybridized carbons (Fsp3) is 0.222. The molecule has 1 heterocycles. The van der Waals surface area contributed by atoms with Crippen molar-refractivity contribution in [3.05, 3.63) is 58.1 Å². The first-order valence-corrected chi connectivity index (χ1v) is 8.19. The summed E-state index contributed by atoms with van der Waals surface area (Å²) >= 11 is 0. The van der Waals surface area contributed by atoms with E-state index in [1.54, 1.807) is 37.2 Å². The number of nitrogens with zero attached hydrogens (tertiary/aromatic N) is 1. The van der Waals surface area contributed by atoms with Gasteiger partial charge in [0.25, 0.3) is 0 Å². The molecule has 0 saturated heterocycles. The molecule has 0 spiro atoms. The van der Waals surface area contributed by atoms with Gasteiger partial charge in [-0.1, -0.05) is 12.1 Å². The van der Waals surface area contributed by atoms with E-state index in [2.05, 4.69) is 15.6 Å². The summed E-state index contributed by atoms with van der Waals surface area (Å²) < 4.78 is 43.7. The van der Waals surface area contributed by atoms with Gasteiger partial charge >= 0.3 is 18.0 Å². The number of rotatable bonds is 4. The summed E-state index contributed by atoms with van der Waals surface area (Å²) in [6, 6.07) is 7.50. The molecule has 0 radical (unpaired) electrons. The fourth-order valence-corrected chi connectivity index (χ4v) is 2.72. The number of anilines is 2. The highest BCUT2D eigenvalue weighted by atomic mass is 19.4. The molecule has 10 heteroatoms. The van der Waals surface area contributed by atoms with Crippen LogP contribution in [-0.4, -0.2) is 25.1 Å². The molecule has 3 rings (SSSR count). The highest BCUT2D eigenvalue weighted by Gasteiger charge is 2.31. The highest BCUT2D eigenvalue weighted by molar-refractivity contribution is 5.98. The zero-order valence-electron chi connectivity index (χ0n) is 15.0. The van der Waals surface area contributed by atoms with Crippen LogP contribution in [0.3, 0.4) is 0 Å². The number of hydrogen-bond acceptors (Lipinski definition) is 4. The van der Waals surface area contributed by atoms with Crippen LogP contribution in [0.25, 0.3) is 11.1 Å². The Kier molecular flexibility index (Phi) is 5.04. The van der Waals surface area contributed by atoms with Gasteiger partial charge in [-0.2, -0.15) is 13.2 Å². The van der Waals surface area contributed by atoms with Crippen molar-refractivity contribution in [1.82, 2.24) is 10.3 Å². The Hall–Kier alpha value is -3.43. The summed E-state index contributed by atoms with van der Waals surface area (Å²) in [6.07, 6.45) is -4.45. The molecular formula is C18H17F3N4O3. The van der Waals surface area contributed by atoms with Crippen LogP contribution < -0.4 is 21.3 Å². The van der Waals surface area contributed by atoms with Gasteiger partial charge in [-0.3, -0.25) is 4.98 Å². The number of aromatic nitrogens is 1. The molecule has 0 fully saturated rings. The third kappa shape index (κ3) is 4.11. The van der Waals surface area contributed by atoms with Crippen molar-refractivity contribution in [2.45, 2.75) is 12.7 Å². The smallest absolute Gasteiger partial charge is 0.408 e. The average molecular weight is 394 g/mol. The topological polar surface area (TPSA) is 90.4 Å². The predicted octanol–water partition coefficient (Wildman–Crippen LogP) is 3.53. The van der Waals surface area contributed by atoms with Crippen LogP contribution in [0, 0.1) is 0 Å². The number of hydrogen-bond donors (Lipinski definition) is 3. The van der Waals surface area contributed by atoms with Gasteiger partial charge in [0.05, 0.1) is 11.3 Å². The summed E-state index contributed by atoms with van der Waals surface area (Å²) in [7, 11) is 3.24. The summed E-state index contributed by atoms with van der Waals surface area (Å²) in [5.41, 5.74) is 1.06. The van der Waals surface area contributed by atoms with Crippen LogP contribution in [0.2, 0.25) is 0 Å². The Morgan fingerprint density at radius 2 is 1.96 bits per heavy atom. The number of carbonyl (C=O) groups excluding carboxylic acids is 1. The molecule has 2 amide bonds. The number of amides is 2. The minimum absolute atomic E-state index is 0.00929. The van der Waals surface area contributed by atoms with Crippen molar-refractivity contribution < 1.29 is 22.4 Å². The number of nitrogens with one attached hydrogen (secondary N) is 3. The minimum atomic E-state index is -4.45. The van der Waals surface area contributed by atoms with E-state index in [9.17, 15) is 22.8 Å². The predicted molar refractivity (Wildman–Crippen MR) is 98.5 cm³/mol. The van der Waals surface area contributed by atoms with Crippen LogP contribution in [0.4, 0.5) is 29.3 Å². The van der Waals surface area contributed by atoms with Crippen molar-refractivity contribution >= 4 is 28.5 Å². The summed E-state index contributed by atoms with van der Waals surface area (Å²) in [5, 5.41) is 5.17. The third-order valence-corrected chi connectivity index (χ3v) is 4.04. The molecule has 0 aliphatic rings. The largest absolute Gasteiger partial charge is 0.417 e. The Morgan fingerprint density at radius 3 is 2.64 bits per heavy atom. The molecule has 148 valence electrons. The van der Waals surface area contributed by atoms with Gasteiger partial charge < -0.3 is 20.0 Å². The summed E-state index contributed by atoms with van der Waals surface area (Å²) in [6.45, 7) is 0.00929. The molecular weight excluding hydrogens is 377 g/mol. The molecule has 7 nitrogen and oxygen atoms in total. The first-order chi connectivity index (χ1) is 13.1. The molecule has 0 bridgehead atoms. The standard InChI is InChI=1S/C18H17F3N4O3/c1-25(2)13-8-11(18(19,20)21)7-6-10(13)9-22-16(26)23-12-4-3-5-14-15(12)24-17(27)28-14/h3-8H,9H2,1-2H3,(H,24,27)(H2,22,23,26). The van der Waals surface area contributed by atoms with E-state index in [1.807, 2.05) is 0 Å². The molecule has 0 saturated carbocycles. The lowest BCUT2D eigenvalue weighted by Gasteiger charge is -2.20. The number of para-hydroxylation sites is 1. The number of urea groups is 1. The van der Waals surface area contributed by atoms with Crippen LogP contribution in [-0.2, 0) is 12.7 Å². The van der Waals surface area contributed by atoms with E-state index in [0.29, 0.717) is 28.0 Å². The Bertz CT molecular complexity index is 1070. The average Bonchev–Trinajstić information content (AvgIpc) is 3.00. The van der Waals surface area contributed by atoms with Crippen LogP contribution in [0.15, 0.2) is 45.6 Å². The SMILES string of the molecule is CN(C)c1cc(C(F)(F)F)ccc1CNC(=O)Nc1cccc2oc(=O)[nH]c12. The number of fused-ring (bicyclic) bond motifs is 1. The molecule has 0 aliphatic carbocycles. The molecule has 3 N–H and O–H groups in total. The molecule has 0 unspecified atom stereocenters. The number of benzene rings is 2. The first-order valence-electron chi connectivity index (χ1n) is 8.19. The highest BCUT2D eigenvalue weighted by Crippen LogP contribution is 2.33. The number of halogens is 3. The lowest BCUT2D eigenvalue weighted by Crippen LogP contribution is -2.29. The van der Waals surface area contributed by atoms with Gasteiger partial charge in [-0.25, -0.2) is 9.59 Å². The van der Waals surface area contributed by atoms with Gasteiger partial charge in [0.15, 0.2) is 5.58 Å². The normalized spacial score (nSPS) is 11.5. The molecule has 28 heavy (non-hydrogen) atoms. The first kappa shape index (κ1) is 19.3. The van der Waals surface area contributed by atoms with Gasteiger partial charge in [-0.05, 0) is 29.8 Å². The fourth-order valence-electron chi connectivity index (χ4n) is 2.72. The number of oxazole rings is 1. The molecule has 0 atom stereocenters. The Balaban J connectivity index is 1.74. The Morgan fingerprint density at radius 1 is 1.21 bits per heavy atom. The van der Waals surface area contributed by atoms with Gasteiger partial charge in [0.1, 0.15) is 5.52 Å². The number of aromatic amines is 1. The lowest BCUT2D eigenvalue weighted by molar-refractivity contribution is -0.137. The molecule has 1 aromatic heterocycles. The summed E-state index contributed by atoms with van der Waals surface area (Å²) in [5.74, 6) is -0.648. The number of alkyl halides is 3. The van der Waals surface area contributed by atoms with E-state index in [1.165, 1.54) is 6.07 Å². The second-order valence-electron chi connectivity index (χ2n) is 6.24. The van der Waals surface area contributed by atoms with Crippen LogP contribution in [0.5, 0.6) is 0 Å². The second-order valence-corrected chi connectivity index (χ2v) is 6.24. The van der Waals surface area contributed by atoms with Crippen molar-refractivity contribution in [2.24, 2.45) is 0 Å². The quantitative estimate of drug-likeness (QED) is 0.632. The van der Waals surface area contributed by atoms with Crippen LogP contribution in [0.1, 0.15) is 11.1 Å². The van der Waals surface area contributed by atoms with E-state index in [0.717, 1.165) is 12.1 Å². The number of carbonyl (C=O) groups is 1. The van der Waals surface area contributed by atoms with E-state index in [-0.39, 0.29) is 6.54 Å². The Labute approximate surface area is 157 Å². The van der Waals surface area contributed by atoms with Gasteiger partial charge in [0.2, 0.25) is 0 Å². The van der Waals surface area contributed by atoms with Crippen molar-refractivity contribution in [2.75, 3.05) is 24.3 Å². The van der Waals surface area contributed by atoms with E-state index < -0.39 is 23.5 Å². The monoisotopic (exact) mass is 394 g/mol. The van der Waals surface area contributed by atoms with Crippen molar-refractivity contribution in [3.63, 3.8) is 0 Å². The molecule has 3 aromatic rings. The van der Waals surface area contributed by atoms with Crippen molar-refractivity contribution in [3.8, 4) is 0 Å². The van der Waals surface area contributed by atoms with Gasteiger partial charge in [0, 0.05) is 26.3 Å². The zero-order chi connectivity index (χ0) is 20.5. The number of H-pyrrole nitrogens is 1. The maximum absolute atomic E-state index is 12.9. The van der Waals surface area contributed by atoms with Gasteiger partial charge in [-0.15, -0.1) is 0 Å². The third-order valence-electron chi connectivity index (χ3n) is 4.04. The molecule has 2 aromatic carbocycles. The maximum Gasteiger partial charge on any atom is 0.417 e. The zero-order valence-corrected chi connectivity index (χ0v) is 15.0. The minimum Gasteiger partial charge on any atom is -0.408 e. The summed E-state index contributed by atoms with van der Waals surface area (Å²) in [4.78, 5) is 27.5. The van der Waals surface area contributed by atoms with Crippen LogP contribution >= 0.6 is 0 Å². The van der Waals surface area contributed by atoms with E-state index >= 15 is 0 Å². The van der Waals surface area contributed by atoms with E-state index in [4.69, 9.17) is 4.42 Å².